The molecule has 2 rings (SSSR count). The van der Waals surface area contributed by atoms with Crippen molar-refractivity contribution in [3.63, 3.8) is 0 Å². The summed E-state index contributed by atoms with van der Waals surface area (Å²) in [6, 6.07) is 5.96. The summed E-state index contributed by atoms with van der Waals surface area (Å²) in [6.45, 7) is 7.41. The Morgan fingerprint density at radius 1 is 1.29 bits per heavy atom. The first kappa shape index (κ1) is 12.0. The zero-order valence-electron chi connectivity index (χ0n) is 10.8. The summed E-state index contributed by atoms with van der Waals surface area (Å²) in [7, 11) is 0. The first-order valence-corrected chi connectivity index (χ1v) is 6.04. The van der Waals surface area contributed by atoms with Crippen molar-refractivity contribution >= 4 is 11.6 Å². The highest BCUT2D eigenvalue weighted by Gasteiger charge is 2.29. The maximum Gasteiger partial charge on any atom is 0.228 e. The SMILES string of the molecule is CC(C)(C)C(=O)N1CCc2cc(N)ccc2C1. The molecule has 0 saturated heterocycles. The van der Waals surface area contributed by atoms with Crippen molar-refractivity contribution in [1.29, 1.82) is 0 Å². The number of nitrogens with two attached hydrogens (primary N) is 1. The van der Waals surface area contributed by atoms with Gasteiger partial charge in [-0.2, -0.15) is 0 Å². The molecule has 1 aromatic rings. The third kappa shape index (κ3) is 2.43. The van der Waals surface area contributed by atoms with Gasteiger partial charge >= 0.3 is 0 Å². The molecule has 2 N–H and O–H groups in total. The van der Waals surface area contributed by atoms with Crippen LogP contribution in [-0.2, 0) is 17.8 Å². The van der Waals surface area contributed by atoms with Gasteiger partial charge in [-0.05, 0) is 29.7 Å². The van der Waals surface area contributed by atoms with Crippen LogP contribution in [0.5, 0.6) is 0 Å². The molecule has 0 aliphatic carbocycles. The van der Waals surface area contributed by atoms with Gasteiger partial charge in [0.1, 0.15) is 0 Å². The summed E-state index contributed by atoms with van der Waals surface area (Å²) in [6.07, 6.45) is 0.905. The molecule has 1 aromatic carbocycles. The highest BCUT2D eigenvalue weighted by atomic mass is 16.2. The van der Waals surface area contributed by atoms with E-state index in [-0.39, 0.29) is 11.3 Å². The molecule has 0 atom stereocenters. The number of hydrogen-bond donors (Lipinski definition) is 1. The first-order chi connectivity index (χ1) is 7.88. The molecule has 0 fully saturated rings. The predicted molar refractivity (Wildman–Crippen MR) is 69.4 cm³/mol. The van der Waals surface area contributed by atoms with Gasteiger partial charge in [0.15, 0.2) is 0 Å². The van der Waals surface area contributed by atoms with Crippen LogP contribution in [0.1, 0.15) is 31.9 Å². The van der Waals surface area contributed by atoms with Crippen LogP contribution < -0.4 is 5.73 Å². The van der Waals surface area contributed by atoms with Crippen LogP contribution in [0.2, 0.25) is 0 Å². The van der Waals surface area contributed by atoms with E-state index in [1.807, 2.05) is 43.9 Å². The lowest BCUT2D eigenvalue weighted by atomic mass is 9.92. The molecule has 0 spiro atoms. The number of benzene rings is 1. The van der Waals surface area contributed by atoms with Gasteiger partial charge in [0.2, 0.25) is 5.91 Å². The molecular formula is C14H20N2O. The minimum atomic E-state index is -0.300. The van der Waals surface area contributed by atoms with Crippen LogP contribution >= 0.6 is 0 Å². The molecule has 0 saturated carbocycles. The standard InChI is InChI=1S/C14H20N2O/c1-14(2,3)13(17)16-7-6-10-8-12(15)5-4-11(10)9-16/h4-5,8H,6-7,9,15H2,1-3H3. The van der Waals surface area contributed by atoms with Crippen molar-refractivity contribution < 1.29 is 4.79 Å². The fourth-order valence-corrected chi connectivity index (χ4v) is 2.22. The average molecular weight is 232 g/mol. The Morgan fingerprint density at radius 3 is 2.65 bits per heavy atom. The van der Waals surface area contributed by atoms with Crippen LogP contribution in [0.15, 0.2) is 18.2 Å². The van der Waals surface area contributed by atoms with Crippen molar-refractivity contribution in [3.05, 3.63) is 29.3 Å². The summed E-state index contributed by atoms with van der Waals surface area (Å²) >= 11 is 0. The van der Waals surface area contributed by atoms with Gasteiger partial charge in [-0.3, -0.25) is 4.79 Å². The fraction of sp³-hybridized carbons (Fsp3) is 0.500. The predicted octanol–water partition coefficient (Wildman–Crippen LogP) is 2.20. The largest absolute Gasteiger partial charge is 0.399 e. The fourth-order valence-electron chi connectivity index (χ4n) is 2.22. The van der Waals surface area contributed by atoms with E-state index >= 15 is 0 Å². The summed E-state index contributed by atoms with van der Waals surface area (Å²) in [5, 5.41) is 0. The van der Waals surface area contributed by atoms with Crippen LogP contribution in [0.4, 0.5) is 5.69 Å². The van der Waals surface area contributed by atoms with E-state index in [2.05, 4.69) is 0 Å². The van der Waals surface area contributed by atoms with Gasteiger partial charge in [-0.25, -0.2) is 0 Å². The molecule has 0 radical (unpaired) electrons. The third-order valence-electron chi connectivity index (χ3n) is 3.17. The van der Waals surface area contributed by atoms with Crippen LogP contribution in [0.3, 0.4) is 0 Å². The molecule has 0 aromatic heterocycles. The van der Waals surface area contributed by atoms with Crippen molar-refractivity contribution in [2.75, 3.05) is 12.3 Å². The summed E-state index contributed by atoms with van der Waals surface area (Å²) in [4.78, 5) is 14.1. The number of anilines is 1. The lowest BCUT2D eigenvalue weighted by molar-refractivity contribution is -0.140. The number of carbonyl (C=O) groups is 1. The zero-order valence-corrected chi connectivity index (χ0v) is 10.8. The van der Waals surface area contributed by atoms with Crippen LogP contribution in [-0.4, -0.2) is 17.4 Å². The van der Waals surface area contributed by atoms with Crippen molar-refractivity contribution in [1.82, 2.24) is 4.90 Å². The summed E-state index contributed by atoms with van der Waals surface area (Å²) in [5.74, 6) is 0.222. The normalized spacial score (nSPS) is 15.6. The quantitative estimate of drug-likeness (QED) is 0.697. The number of hydrogen-bond acceptors (Lipinski definition) is 2. The van der Waals surface area contributed by atoms with Crippen molar-refractivity contribution in [3.8, 4) is 0 Å². The van der Waals surface area contributed by atoms with Gasteiger partial charge in [0.05, 0.1) is 0 Å². The maximum absolute atomic E-state index is 12.2. The summed E-state index contributed by atoms with van der Waals surface area (Å²) in [5.41, 5.74) is 8.78. The number of amides is 1. The number of rotatable bonds is 0. The molecular weight excluding hydrogens is 212 g/mol. The molecule has 1 amide bonds. The molecule has 1 aliphatic heterocycles. The van der Waals surface area contributed by atoms with E-state index in [0.717, 1.165) is 18.7 Å². The Hall–Kier alpha value is -1.51. The maximum atomic E-state index is 12.2. The van der Waals surface area contributed by atoms with Crippen LogP contribution in [0, 0.1) is 5.41 Å². The molecule has 3 heteroatoms. The smallest absolute Gasteiger partial charge is 0.228 e. The Labute approximate surface area is 103 Å². The Kier molecular flexibility index (Phi) is 2.86. The molecule has 92 valence electrons. The molecule has 0 unspecified atom stereocenters. The van der Waals surface area contributed by atoms with Gasteiger partial charge in [-0.15, -0.1) is 0 Å². The van der Waals surface area contributed by atoms with E-state index in [0.29, 0.717) is 6.54 Å². The zero-order chi connectivity index (χ0) is 12.6. The molecule has 1 heterocycles. The van der Waals surface area contributed by atoms with Crippen molar-refractivity contribution in [2.45, 2.75) is 33.7 Å². The van der Waals surface area contributed by atoms with Gasteiger partial charge in [-0.1, -0.05) is 26.8 Å². The summed E-state index contributed by atoms with van der Waals surface area (Å²) < 4.78 is 0. The van der Waals surface area contributed by atoms with E-state index in [1.54, 1.807) is 0 Å². The molecule has 17 heavy (non-hydrogen) atoms. The Bertz CT molecular complexity index is 446. The Morgan fingerprint density at radius 2 is 2.00 bits per heavy atom. The molecule has 0 bridgehead atoms. The Balaban J connectivity index is 2.19. The second-order valence-electron chi connectivity index (χ2n) is 5.75. The lowest BCUT2D eigenvalue weighted by Crippen LogP contribution is -2.42. The second kappa shape index (κ2) is 4.06. The molecule has 3 nitrogen and oxygen atoms in total. The van der Waals surface area contributed by atoms with Crippen molar-refractivity contribution in [2.24, 2.45) is 5.41 Å². The van der Waals surface area contributed by atoms with E-state index < -0.39 is 0 Å². The van der Waals surface area contributed by atoms with E-state index in [4.69, 9.17) is 5.73 Å². The number of nitrogen functional groups attached to an aromatic ring is 1. The van der Waals surface area contributed by atoms with E-state index in [1.165, 1.54) is 11.1 Å². The average Bonchev–Trinajstić information content (AvgIpc) is 2.26. The van der Waals surface area contributed by atoms with E-state index in [9.17, 15) is 4.79 Å². The highest BCUT2D eigenvalue weighted by molar-refractivity contribution is 5.81. The van der Waals surface area contributed by atoms with Crippen LogP contribution in [0.25, 0.3) is 0 Å². The molecule has 1 aliphatic rings. The highest BCUT2D eigenvalue weighted by Crippen LogP contribution is 2.25. The number of carbonyl (C=O) groups excluding carboxylic acids is 1. The number of nitrogens with zero attached hydrogens (tertiary/aromatic N) is 1. The first-order valence-electron chi connectivity index (χ1n) is 6.04. The monoisotopic (exact) mass is 232 g/mol. The lowest BCUT2D eigenvalue weighted by Gasteiger charge is -2.33. The van der Waals surface area contributed by atoms with Gasteiger partial charge in [0.25, 0.3) is 0 Å². The third-order valence-corrected chi connectivity index (χ3v) is 3.17. The van der Waals surface area contributed by atoms with Gasteiger partial charge < -0.3 is 10.6 Å². The topological polar surface area (TPSA) is 46.3 Å². The van der Waals surface area contributed by atoms with Gasteiger partial charge in [0, 0.05) is 24.2 Å². The minimum absolute atomic E-state index is 0.222. The second-order valence-corrected chi connectivity index (χ2v) is 5.75. The minimum Gasteiger partial charge on any atom is -0.399 e. The number of fused-ring (bicyclic) bond motifs is 1.